The number of fused-ring (bicyclic) bond motifs is 2. The SMILES string of the molecule is COc1cccc(Cn2c(C(=O)NCc3ccc4c(c3)OCO4)cc3scc(Br)c32)c1. The molecule has 1 aliphatic rings. The summed E-state index contributed by atoms with van der Waals surface area (Å²) in [5.41, 5.74) is 3.64. The van der Waals surface area contributed by atoms with Crippen LogP contribution in [0.1, 0.15) is 21.6 Å². The summed E-state index contributed by atoms with van der Waals surface area (Å²) in [7, 11) is 1.65. The van der Waals surface area contributed by atoms with Crippen molar-refractivity contribution in [3.05, 3.63) is 75.2 Å². The molecule has 0 unspecified atom stereocenters. The van der Waals surface area contributed by atoms with Gasteiger partial charge in [0, 0.05) is 18.5 Å². The smallest absolute Gasteiger partial charge is 0.268 e. The molecule has 158 valence electrons. The number of nitrogens with zero attached hydrogens (tertiary/aromatic N) is 1. The molecule has 2 aromatic carbocycles. The predicted octanol–water partition coefficient (Wildman–Crippen LogP) is 5.18. The van der Waals surface area contributed by atoms with Crippen molar-refractivity contribution in [2.24, 2.45) is 0 Å². The van der Waals surface area contributed by atoms with Gasteiger partial charge in [-0.2, -0.15) is 0 Å². The number of aromatic nitrogens is 1. The largest absolute Gasteiger partial charge is 0.497 e. The third-order valence-electron chi connectivity index (χ3n) is 5.18. The van der Waals surface area contributed by atoms with E-state index in [1.165, 1.54) is 0 Å². The van der Waals surface area contributed by atoms with Crippen molar-refractivity contribution in [3.8, 4) is 17.2 Å². The van der Waals surface area contributed by atoms with Crippen LogP contribution in [-0.2, 0) is 13.1 Å². The monoisotopic (exact) mass is 498 g/mol. The van der Waals surface area contributed by atoms with E-state index in [1.807, 2.05) is 58.5 Å². The van der Waals surface area contributed by atoms with Gasteiger partial charge in [0.2, 0.25) is 6.79 Å². The molecule has 4 aromatic rings. The summed E-state index contributed by atoms with van der Waals surface area (Å²) in [6, 6.07) is 15.5. The molecule has 3 heterocycles. The number of ether oxygens (including phenoxy) is 3. The van der Waals surface area contributed by atoms with Crippen LogP contribution in [0.2, 0.25) is 0 Å². The van der Waals surface area contributed by atoms with Crippen LogP contribution in [0.3, 0.4) is 0 Å². The maximum atomic E-state index is 13.1. The van der Waals surface area contributed by atoms with Crippen molar-refractivity contribution in [1.29, 1.82) is 0 Å². The Hall–Kier alpha value is -2.97. The number of methoxy groups -OCH3 is 1. The first-order chi connectivity index (χ1) is 15.1. The number of hydrogen-bond donors (Lipinski definition) is 1. The van der Waals surface area contributed by atoms with Crippen molar-refractivity contribution in [3.63, 3.8) is 0 Å². The highest BCUT2D eigenvalue weighted by atomic mass is 79.9. The number of nitrogens with one attached hydrogen (secondary N) is 1. The minimum absolute atomic E-state index is 0.129. The second-order valence-corrected chi connectivity index (χ2v) is 8.90. The molecule has 8 heteroatoms. The zero-order valence-electron chi connectivity index (χ0n) is 16.7. The van der Waals surface area contributed by atoms with E-state index in [4.69, 9.17) is 14.2 Å². The average Bonchev–Trinajstić information content (AvgIpc) is 3.49. The van der Waals surface area contributed by atoms with Gasteiger partial charge in [-0.3, -0.25) is 4.79 Å². The molecule has 0 aliphatic carbocycles. The fourth-order valence-electron chi connectivity index (χ4n) is 3.66. The third-order valence-corrected chi connectivity index (χ3v) is 7.00. The van der Waals surface area contributed by atoms with E-state index in [0.717, 1.165) is 37.3 Å². The van der Waals surface area contributed by atoms with Crippen LogP contribution in [0.25, 0.3) is 10.2 Å². The maximum Gasteiger partial charge on any atom is 0.268 e. The van der Waals surface area contributed by atoms with Crippen molar-refractivity contribution < 1.29 is 19.0 Å². The van der Waals surface area contributed by atoms with Crippen LogP contribution in [0.4, 0.5) is 0 Å². The lowest BCUT2D eigenvalue weighted by atomic mass is 10.2. The standard InChI is InChI=1S/C23H19BrN2O4S/c1-28-16-4-2-3-15(7-16)11-26-18(9-21-22(26)17(24)12-31-21)23(27)25-10-14-5-6-19-20(8-14)30-13-29-19/h2-9,12H,10-11,13H2,1H3,(H,25,27). The summed E-state index contributed by atoms with van der Waals surface area (Å²) in [4.78, 5) is 13.1. The summed E-state index contributed by atoms with van der Waals surface area (Å²) < 4.78 is 20.2. The quantitative estimate of drug-likeness (QED) is 0.397. The van der Waals surface area contributed by atoms with Gasteiger partial charge >= 0.3 is 0 Å². The van der Waals surface area contributed by atoms with Crippen LogP contribution in [0.5, 0.6) is 17.2 Å². The molecule has 2 aromatic heterocycles. The van der Waals surface area contributed by atoms with Gasteiger partial charge in [-0.15, -0.1) is 11.3 Å². The van der Waals surface area contributed by atoms with Crippen molar-refractivity contribution in [2.45, 2.75) is 13.1 Å². The van der Waals surface area contributed by atoms with Gasteiger partial charge in [0.15, 0.2) is 11.5 Å². The molecule has 0 fully saturated rings. The van der Waals surface area contributed by atoms with Gasteiger partial charge in [0.25, 0.3) is 5.91 Å². The fourth-order valence-corrected chi connectivity index (χ4v) is 5.35. The average molecular weight is 499 g/mol. The first kappa shape index (κ1) is 20.0. The zero-order valence-corrected chi connectivity index (χ0v) is 19.1. The molecule has 1 aliphatic heterocycles. The lowest BCUT2D eigenvalue weighted by Crippen LogP contribution is -2.25. The number of amides is 1. The van der Waals surface area contributed by atoms with Gasteiger partial charge in [0.05, 0.1) is 21.8 Å². The van der Waals surface area contributed by atoms with E-state index in [0.29, 0.717) is 24.5 Å². The van der Waals surface area contributed by atoms with E-state index in [1.54, 1.807) is 18.4 Å². The Morgan fingerprint density at radius 3 is 2.90 bits per heavy atom. The molecule has 0 saturated carbocycles. The Kier molecular flexibility index (Phi) is 5.33. The van der Waals surface area contributed by atoms with Crippen LogP contribution in [0.15, 0.2) is 58.4 Å². The summed E-state index contributed by atoms with van der Waals surface area (Å²) in [5.74, 6) is 2.10. The van der Waals surface area contributed by atoms with Crippen molar-refractivity contribution >= 4 is 43.4 Å². The first-order valence-corrected chi connectivity index (χ1v) is 11.4. The second-order valence-electron chi connectivity index (χ2n) is 7.13. The van der Waals surface area contributed by atoms with Crippen LogP contribution in [-0.4, -0.2) is 24.4 Å². The number of halogens is 1. The third kappa shape index (κ3) is 3.88. The van der Waals surface area contributed by atoms with Gasteiger partial charge < -0.3 is 24.1 Å². The molecule has 0 spiro atoms. The Bertz CT molecular complexity index is 1280. The molecular weight excluding hydrogens is 480 g/mol. The number of benzene rings is 2. The maximum absolute atomic E-state index is 13.1. The minimum atomic E-state index is -0.129. The van der Waals surface area contributed by atoms with Gasteiger partial charge in [-0.1, -0.05) is 18.2 Å². The highest BCUT2D eigenvalue weighted by Gasteiger charge is 2.20. The van der Waals surface area contributed by atoms with Crippen LogP contribution < -0.4 is 19.5 Å². The van der Waals surface area contributed by atoms with E-state index >= 15 is 0 Å². The topological polar surface area (TPSA) is 61.7 Å². The van der Waals surface area contributed by atoms with Gasteiger partial charge in [0.1, 0.15) is 11.4 Å². The number of hydrogen-bond acceptors (Lipinski definition) is 5. The molecule has 1 N–H and O–H groups in total. The van der Waals surface area contributed by atoms with Crippen molar-refractivity contribution in [1.82, 2.24) is 9.88 Å². The Morgan fingerprint density at radius 2 is 2.03 bits per heavy atom. The Labute approximate surface area is 191 Å². The number of rotatable bonds is 6. The summed E-state index contributed by atoms with van der Waals surface area (Å²) in [5, 5.41) is 5.08. The number of thiophene rings is 1. The number of carbonyl (C=O) groups is 1. The summed E-state index contributed by atoms with van der Waals surface area (Å²) in [6.45, 7) is 1.19. The minimum Gasteiger partial charge on any atom is -0.497 e. The molecule has 0 radical (unpaired) electrons. The Morgan fingerprint density at radius 1 is 1.16 bits per heavy atom. The summed E-state index contributed by atoms with van der Waals surface area (Å²) >= 11 is 5.24. The highest BCUT2D eigenvalue weighted by molar-refractivity contribution is 9.10. The van der Waals surface area contributed by atoms with E-state index < -0.39 is 0 Å². The van der Waals surface area contributed by atoms with E-state index in [2.05, 4.69) is 21.2 Å². The lowest BCUT2D eigenvalue weighted by molar-refractivity contribution is 0.0942. The molecule has 5 rings (SSSR count). The summed E-state index contributed by atoms with van der Waals surface area (Å²) in [6.07, 6.45) is 0. The van der Waals surface area contributed by atoms with E-state index in [-0.39, 0.29) is 12.7 Å². The van der Waals surface area contributed by atoms with Gasteiger partial charge in [-0.05, 0) is 57.4 Å². The van der Waals surface area contributed by atoms with Gasteiger partial charge in [-0.25, -0.2) is 0 Å². The normalized spacial score (nSPS) is 12.3. The molecule has 0 atom stereocenters. The number of carbonyl (C=O) groups excluding carboxylic acids is 1. The van der Waals surface area contributed by atoms with Crippen LogP contribution >= 0.6 is 27.3 Å². The molecular formula is C23H19BrN2O4S. The van der Waals surface area contributed by atoms with Crippen molar-refractivity contribution in [2.75, 3.05) is 13.9 Å². The molecule has 1 amide bonds. The second kappa shape index (κ2) is 8.28. The highest BCUT2D eigenvalue weighted by Crippen LogP contribution is 2.35. The molecule has 0 saturated heterocycles. The fraction of sp³-hybridized carbons (Fsp3) is 0.174. The lowest BCUT2D eigenvalue weighted by Gasteiger charge is -2.12. The Balaban J connectivity index is 1.42. The first-order valence-electron chi connectivity index (χ1n) is 9.68. The molecule has 6 nitrogen and oxygen atoms in total. The predicted molar refractivity (Wildman–Crippen MR) is 123 cm³/mol. The molecule has 0 bridgehead atoms. The molecule has 31 heavy (non-hydrogen) atoms. The van der Waals surface area contributed by atoms with Crippen LogP contribution in [0, 0.1) is 0 Å². The zero-order chi connectivity index (χ0) is 21.4. The van der Waals surface area contributed by atoms with E-state index in [9.17, 15) is 4.79 Å².